The maximum atomic E-state index is 12.3. The molecule has 124 valence electrons. The highest BCUT2D eigenvalue weighted by Crippen LogP contribution is 2.49. The Hall–Kier alpha value is -1.45. The van der Waals surface area contributed by atoms with Crippen LogP contribution >= 0.6 is 23.4 Å². The summed E-state index contributed by atoms with van der Waals surface area (Å²) in [6, 6.07) is 16.8. The number of thioether (sulfide) groups is 1. The number of hydrogen-bond donors (Lipinski definition) is 1. The van der Waals surface area contributed by atoms with Gasteiger partial charge in [0.25, 0.3) is 0 Å². The van der Waals surface area contributed by atoms with E-state index in [1.807, 2.05) is 24.3 Å². The van der Waals surface area contributed by atoms with Gasteiger partial charge in [0, 0.05) is 28.0 Å². The zero-order chi connectivity index (χ0) is 16.7. The molecule has 0 spiro atoms. The molecule has 0 radical (unpaired) electrons. The van der Waals surface area contributed by atoms with E-state index >= 15 is 0 Å². The van der Waals surface area contributed by atoms with Gasteiger partial charge in [0.05, 0.1) is 5.02 Å². The maximum absolute atomic E-state index is 12.3. The smallest absolute Gasteiger partial charge is 0.221 e. The van der Waals surface area contributed by atoms with E-state index in [2.05, 4.69) is 36.5 Å². The molecule has 1 aliphatic heterocycles. The fraction of sp³-hybridized carbons (Fsp3) is 0.350. The lowest BCUT2D eigenvalue weighted by Gasteiger charge is -2.51. The van der Waals surface area contributed by atoms with E-state index in [0.717, 1.165) is 22.8 Å². The van der Waals surface area contributed by atoms with Gasteiger partial charge in [-0.2, -0.15) is 0 Å². The Labute approximate surface area is 152 Å². The third kappa shape index (κ3) is 2.55. The number of amides is 1. The predicted octanol–water partition coefficient (Wildman–Crippen LogP) is 4.59. The van der Waals surface area contributed by atoms with E-state index in [1.165, 1.54) is 11.1 Å². The molecule has 4 rings (SSSR count). The van der Waals surface area contributed by atoms with Crippen molar-refractivity contribution in [3.8, 4) is 0 Å². The van der Waals surface area contributed by atoms with Crippen LogP contribution in [0.5, 0.6) is 0 Å². The van der Waals surface area contributed by atoms with E-state index < -0.39 is 0 Å². The lowest BCUT2D eigenvalue weighted by atomic mass is 9.63. The number of rotatable bonds is 2. The third-order valence-corrected chi connectivity index (χ3v) is 7.50. The Balaban J connectivity index is 1.78. The van der Waals surface area contributed by atoms with Crippen LogP contribution in [0.15, 0.2) is 53.4 Å². The van der Waals surface area contributed by atoms with Crippen LogP contribution in [0.3, 0.4) is 0 Å². The van der Waals surface area contributed by atoms with Gasteiger partial charge in [-0.15, -0.1) is 11.8 Å². The fourth-order valence-corrected chi connectivity index (χ4v) is 5.85. The number of nitrogens with one attached hydrogen (secondary N) is 1. The van der Waals surface area contributed by atoms with Gasteiger partial charge in [0.15, 0.2) is 0 Å². The molecule has 1 N–H and O–H groups in total. The van der Waals surface area contributed by atoms with Crippen molar-refractivity contribution in [3.05, 3.63) is 64.7 Å². The molecule has 24 heavy (non-hydrogen) atoms. The normalized spacial score (nSPS) is 28.7. The van der Waals surface area contributed by atoms with Crippen molar-refractivity contribution in [1.82, 2.24) is 5.32 Å². The van der Waals surface area contributed by atoms with E-state index in [1.54, 1.807) is 11.8 Å². The zero-order valence-corrected chi connectivity index (χ0v) is 15.2. The van der Waals surface area contributed by atoms with Crippen LogP contribution < -0.4 is 5.32 Å². The molecule has 2 aliphatic rings. The van der Waals surface area contributed by atoms with Gasteiger partial charge < -0.3 is 5.32 Å². The standard InChI is InChI=1S/C20H20ClNOS/c1-20-14-7-3-2-6-13(14)10-11-17(20)22-19(23)12-18(20)24-16-9-5-4-8-15(16)21/h2-9,17-18H,10-12H2,1H3,(H,22,23)/t17-,18?,20-/m1/s1. The number of hydrogen-bond acceptors (Lipinski definition) is 2. The number of piperidine rings is 1. The summed E-state index contributed by atoms with van der Waals surface area (Å²) in [4.78, 5) is 13.4. The second kappa shape index (κ2) is 6.12. The number of fused-ring (bicyclic) bond motifs is 3. The van der Waals surface area contributed by atoms with Crippen LogP contribution in [0, 0.1) is 0 Å². The van der Waals surface area contributed by atoms with Crippen molar-refractivity contribution < 1.29 is 4.79 Å². The Morgan fingerprint density at radius 1 is 1.17 bits per heavy atom. The monoisotopic (exact) mass is 357 g/mol. The Bertz CT molecular complexity index is 793. The molecule has 0 aromatic heterocycles. The van der Waals surface area contributed by atoms with E-state index in [0.29, 0.717) is 6.42 Å². The molecular weight excluding hydrogens is 338 g/mol. The van der Waals surface area contributed by atoms with Gasteiger partial charge in [-0.05, 0) is 36.1 Å². The summed E-state index contributed by atoms with van der Waals surface area (Å²) in [5.74, 6) is 0.154. The zero-order valence-electron chi connectivity index (χ0n) is 13.6. The van der Waals surface area contributed by atoms with Crippen LogP contribution in [0.4, 0.5) is 0 Å². The van der Waals surface area contributed by atoms with E-state index in [4.69, 9.17) is 11.6 Å². The molecule has 1 amide bonds. The highest BCUT2D eigenvalue weighted by Gasteiger charge is 2.50. The highest BCUT2D eigenvalue weighted by molar-refractivity contribution is 8.00. The van der Waals surface area contributed by atoms with Crippen molar-refractivity contribution in [1.29, 1.82) is 0 Å². The van der Waals surface area contributed by atoms with Gasteiger partial charge in [-0.1, -0.05) is 54.9 Å². The summed E-state index contributed by atoms with van der Waals surface area (Å²) in [6.07, 6.45) is 2.55. The lowest BCUT2D eigenvalue weighted by molar-refractivity contribution is -0.124. The Kier molecular flexibility index (Phi) is 4.09. The second-order valence-electron chi connectivity index (χ2n) is 6.84. The van der Waals surface area contributed by atoms with Crippen LogP contribution in [-0.2, 0) is 16.6 Å². The third-order valence-electron chi connectivity index (χ3n) is 5.50. The minimum absolute atomic E-state index is 0.0768. The van der Waals surface area contributed by atoms with Gasteiger partial charge >= 0.3 is 0 Å². The van der Waals surface area contributed by atoms with Gasteiger partial charge in [0.1, 0.15) is 0 Å². The van der Waals surface area contributed by atoms with Gasteiger partial charge in [0.2, 0.25) is 5.91 Å². The number of carbonyl (C=O) groups excluding carboxylic acids is 1. The molecule has 0 saturated carbocycles. The summed E-state index contributed by atoms with van der Waals surface area (Å²) in [5, 5.41) is 4.18. The largest absolute Gasteiger partial charge is 0.352 e. The number of aryl methyl sites for hydroxylation is 1. The van der Waals surface area contributed by atoms with Crippen molar-refractivity contribution in [3.63, 3.8) is 0 Å². The lowest BCUT2D eigenvalue weighted by Crippen LogP contribution is -2.61. The quantitative estimate of drug-likeness (QED) is 0.851. The average molecular weight is 358 g/mol. The number of benzene rings is 2. The summed E-state index contributed by atoms with van der Waals surface area (Å²) in [6.45, 7) is 2.31. The van der Waals surface area contributed by atoms with E-state index in [-0.39, 0.29) is 22.6 Å². The van der Waals surface area contributed by atoms with Crippen molar-refractivity contribution in [2.75, 3.05) is 0 Å². The molecule has 3 atom stereocenters. The maximum Gasteiger partial charge on any atom is 0.221 e. The van der Waals surface area contributed by atoms with Crippen molar-refractivity contribution in [2.45, 2.75) is 47.8 Å². The SMILES string of the molecule is C[C@@]12c3ccccc3CC[C@H]1NC(=O)CC2Sc1ccccc1Cl. The first kappa shape index (κ1) is 16.0. The molecule has 2 aromatic rings. The first-order chi connectivity index (χ1) is 11.6. The second-order valence-corrected chi connectivity index (χ2v) is 8.49. The molecule has 1 aliphatic carbocycles. The predicted molar refractivity (Wildman–Crippen MR) is 99.8 cm³/mol. The Morgan fingerprint density at radius 2 is 1.92 bits per heavy atom. The highest BCUT2D eigenvalue weighted by atomic mass is 35.5. The minimum atomic E-state index is -0.0768. The molecule has 1 saturated heterocycles. The summed E-state index contributed by atoms with van der Waals surface area (Å²) < 4.78 is 0. The molecule has 2 aromatic carbocycles. The first-order valence-corrected chi connectivity index (χ1v) is 9.63. The van der Waals surface area contributed by atoms with Crippen molar-refractivity contribution in [2.24, 2.45) is 0 Å². The van der Waals surface area contributed by atoms with E-state index in [9.17, 15) is 4.79 Å². The molecule has 1 unspecified atom stereocenters. The van der Waals surface area contributed by atoms with Crippen LogP contribution in [0.2, 0.25) is 5.02 Å². The van der Waals surface area contributed by atoms with Crippen molar-refractivity contribution >= 4 is 29.3 Å². The molecular formula is C20H20ClNOS. The molecule has 0 bridgehead atoms. The summed E-state index contributed by atoms with van der Waals surface area (Å²) in [7, 11) is 0. The summed E-state index contributed by atoms with van der Waals surface area (Å²) >= 11 is 8.13. The minimum Gasteiger partial charge on any atom is -0.352 e. The topological polar surface area (TPSA) is 29.1 Å². The first-order valence-electron chi connectivity index (χ1n) is 8.38. The molecule has 2 nitrogen and oxygen atoms in total. The fourth-order valence-electron chi connectivity index (χ4n) is 4.16. The van der Waals surface area contributed by atoms with Crippen LogP contribution in [0.1, 0.15) is 30.9 Å². The number of carbonyl (C=O) groups is 1. The summed E-state index contributed by atoms with van der Waals surface area (Å²) in [5.41, 5.74) is 2.72. The average Bonchev–Trinajstić information content (AvgIpc) is 2.58. The van der Waals surface area contributed by atoms with Crippen LogP contribution in [-0.4, -0.2) is 17.2 Å². The molecule has 4 heteroatoms. The van der Waals surface area contributed by atoms with Gasteiger partial charge in [-0.3, -0.25) is 4.79 Å². The molecule has 1 heterocycles. The number of halogens is 1. The van der Waals surface area contributed by atoms with Crippen LogP contribution in [0.25, 0.3) is 0 Å². The van der Waals surface area contributed by atoms with Gasteiger partial charge in [-0.25, -0.2) is 0 Å². The Morgan fingerprint density at radius 3 is 2.75 bits per heavy atom. The molecule has 1 fully saturated rings.